The van der Waals surface area contributed by atoms with Gasteiger partial charge in [-0.15, -0.1) is 0 Å². The van der Waals surface area contributed by atoms with Crippen molar-refractivity contribution < 1.29 is 26.4 Å². The van der Waals surface area contributed by atoms with E-state index in [1.807, 2.05) is 24.3 Å². The van der Waals surface area contributed by atoms with Crippen LogP contribution in [0.1, 0.15) is 28.8 Å². The standard InChI is InChI=1S/C34H27F2N5O4S/c1-37-32(42)28-22-15-21(31(40(2)46(3,43)44)39-33(22)45-30(28)18-7-9-19(35)10-8-18)25-12-11-23-29(38-25)27-16-20-24(36)5-4-6-26(20)41(27)17-34(23)13-14-34/h4-12,15-16H,13-14,17H2,1-3H3,(H,37,42). The van der Waals surface area contributed by atoms with Gasteiger partial charge in [-0.3, -0.25) is 9.10 Å². The lowest BCUT2D eigenvalue weighted by Gasteiger charge is -2.28. The number of fused-ring (bicyclic) bond motifs is 7. The van der Waals surface area contributed by atoms with Crippen LogP contribution >= 0.6 is 0 Å². The van der Waals surface area contributed by atoms with Crippen molar-refractivity contribution in [2.75, 3.05) is 24.7 Å². The number of pyridine rings is 2. The largest absolute Gasteiger partial charge is 0.437 e. The Morgan fingerprint density at radius 2 is 1.78 bits per heavy atom. The molecule has 232 valence electrons. The zero-order valence-corrected chi connectivity index (χ0v) is 25.9. The number of sulfonamides is 1. The van der Waals surface area contributed by atoms with E-state index in [4.69, 9.17) is 9.40 Å². The third-order valence-corrected chi connectivity index (χ3v) is 10.4. The number of halogens is 2. The number of carbonyl (C=O) groups is 1. The third kappa shape index (κ3) is 4.16. The summed E-state index contributed by atoms with van der Waals surface area (Å²) >= 11 is 0. The van der Waals surface area contributed by atoms with Gasteiger partial charge in [-0.1, -0.05) is 12.1 Å². The Morgan fingerprint density at radius 1 is 1.02 bits per heavy atom. The zero-order chi connectivity index (χ0) is 32.1. The van der Waals surface area contributed by atoms with Crippen molar-refractivity contribution in [3.8, 4) is 34.0 Å². The minimum Gasteiger partial charge on any atom is -0.437 e. The van der Waals surface area contributed by atoms with Crippen LogP contribution in [0.3, 0.4) is 0 Å². The highest BCUT2D eigenvalue weighted by atomic mass is 32.2. The summed E-state index contributed by atoms with van der Waals surface area (Å²) in [5.41, 5.74) is 4.61. The van der Waals surface area contributed by atoms with Gasteiger partial charge >= 0.3 is 0 Å². The van der Waals surface area contributed by atoms with Gasteiger partial charge in [0.05, 0.1) is 39.8 Å². The summed E-state index contributed by atoms with van der Waals surface area (Å²) < 4.78 is 63.6. The van der Waals surface area contributed by atoms with E-state index in [1.165, 1.54) is 44.4 Å². The molecule has 6 aromatic rings. The third-order valence-electron chi connectivity index (χ3n) is 9.21. The molecule has 0 atom stereocenters. The predicted octanol–water partition coefficient (Wildman–Crippen LogP) is 6.26. The topological polar surface area (TPSA) is 110 Å². The van der Waals surface area contributed by atoms with Crippen LogP contribution in [0, 0.1) is 11.6 Å². The molecule has 8 rings (SSSR count). The Balaban J connectivity index is 1.40. The molecule has 1 amide bonds. The van der Waals surface area contributed by atoms with Crippen LogP contribution in [-0.2, 0) is 22.0 Å². The fourth-order valence-electron chi connectivity index (χ4n) is 6.57. The molecule has 2 aliphatic rings. The minimum absolute atomic E-state index is 0.0256. The van der Waals surface area contributed by atoms with Gasteiger partial charge in [-0.2, -0.15) is 4.98 Å². The number of rotatable bonds is 5. The number of benzene rings is 2. The SMILES string of the molecule is CNC(=O)c1c(-c2ccc(F)cc2)oc2nc(N(C)S(C)(=O)=O)c(-c3ccc4c(n3)-c3cc5c(F)cccc5n3CC43CC3)cc12. The average molecular weight is 640 g/mol. The number of nitrogens with one attached hydrogen (secondary N) is 1. The molecule has 5 heterocycles. The summed E-state index contributed by atoms with van der Waals surface area (Å²) in [5, 5.41) is 3.47. The number of anilines is 1. The van der Waals surface area contributed by atoms with E-state index in [2.05, 4.69) is 14.9 Å². The molecular formula is C34H27F2N5O4S. The molecule has 1 spiro atoms. The maximum Gasteiger partial charge on any atom is 0.255 e. The first-order valence-corrected chi connectivity index (χ1v) is 16.5. The molecule has 1 fully saturated rings. The number of nitrogens with zero attached hydrogens (tertiary/aromatic N) is 4. The molecule has 0 radical (unpaired) electrons. The monoisotopic (exact) mass is 639 g/mol. The second kappa shape index (κ2) is 9.70. The lowest BCUT2D eigenvalue weighted by Crippen LogP contribution is -2.26. The van der Waals surface area contributed by atoms with Crippen LogP contribution in [0.5, 0.6) is 0 Å². The van der Waals surface area contributed by atoms with E-state index >= 15 is 0 Å². The van der Waals surface area contributed by atoms with Crippen LogP contribution in [0.15, 0.2) is 71.1 Å². The molecule has 1 N–H and O–H groups in total. The summed E-state index contributed by atoms with van der Waals surface area (Å²) in [6.45, 7) is 0.718. The summed E-state index contributed by atoms with van der Waals surface area (Å²) in [6.07, 6.45) is 3.01. The van der Waals surface area contributed by atoms with Crippen molar-refractivity contribution in [1.29, 1.82) is 0 Å². The maximum absolute atomic E-state index is 14.9. The minimum atomic E-state index is -3.80. The van der Waals surface area contributed by atoms with Crippen LogP contribution in [-0.4, -0.2) is 49.2 Å². The molecule has 4 aromatic heterocycles. The second-order valence-electron chi connectivity index (χ2n) is 12.0. The molecule has 12 heteroatoms. The molecule has 2 aromatic carbocycles. The number of hydrogen-bond donors (Lipinski definition) is 1. The Hall–Kier alpha value is -5.10. The molecule has 1 aliphatic carbocycles. The highest BCUT2D eigenvalue weighted by Gasteiger charge is 2.49. The highest BCUT2D eigenvalue weighted by Crippen LogP contribution is 2.56. The van der Waals surface area contributed by atoms with E-state index in [1.54, 1.807) is 12.1 Å². The van der Waals surface area contributed by atoms with Gasteiger partial charge in [0, 0.05) is 42.6 Å². The zero-order valence-electron chi connectivity index (χ0n) is 25.1. The first kappa shape index (κ1) is 28.4. The second-order valence-corrected chi connectivity index (χ2v) is 14.0. The van der Waals surface area contributed by atoms with E-state index in [0.717, 1.165) is 46.7 Å². The summed E-state index contributed by atoms with van der Waals surface area (Å²) in [6, 6.07) is 17.9. The Bertz CT molecular complexity index is 2380. The van der Waals surface area contributed by atoms with Gasteiger partial charge in [-0.05, 0) is 73.0 Å². The van der Waals surface area contributed by atoms with Crippen molar-refractivity contribution in [2.24, 2.45) is 0 Å². The number of amides is 1. The number of carbonyl (C=O) groups excluding carboxylic acids is 1. The molecule has 1 saturated carbocycles. The van der Waals surface area contributed by atoms with Gasteiger partial charge in [0.15, 0.2) is 5.82 Å². The first-order valence-electron chi connectivity index (χ1n) is 14.7. The van der Waals surface area contributed by atoms with E-state index in [9.17, 15) is 22.0 Å². The van der Waals surface area contributed by atoms with E-state index in [0.29, 0.717) is 33.3 Å². The molecule has 0 saturated heterocycles. The molecule has 46 heavy (non-hydrogen) atoms. The molecule has 0 unspecified atom stereocenters. The Labute approximate surface area is 262 Å². The maximum atomic E-state index is 14.9. The van der Waals surface area contributed by atoms with Crippen molar-refractivity contribution in [1.82, 2.24) is 19.9 Å². The predicted molar refractivity (Wildman–Crippen MR) is 171 cm³/mol. The fourth-order valence-corrected chi connectivity index (χ4v) is 7.02. The van der Waals surface area contributed by atoms with Crippen LogP contribution in [0.2, 0.25) is 0 Å². The van der Waals surface area contributed by atoms with Crippen LogP contribution < -0.4 is 9.62 Å². The van der Waals surface area contributed by atoms with Crippen LogP contribution in [0.25, 0.3) is 56.0 Å². The average Bonchev–Trinajstić information content (AvgIpc) is 3.56. The molecule has 9 nitrogen and oxygen atoms in total. The first-order chi connectivity index (χ1) is 22.0. The Kier molecular flexibility index (Phi) is 5.98. The van der Waals surface area contributed by atoms with Crippen molar-refractivity contribution in [3.63, 3.8) is 0 Å². The quantitative estimate of drug-likeness (QED) is 0.239. The van der Waals surface area contributed by atoms with Crippen LogP contribution in [0.4, 0.5) is 14.6 Å². The lowest BCUT2D eigenvalue weighted by molar-refractivity contribution is 0.0964. The number of furan rings is 1. The van der Waals surface area contributed by atoms with Gasteiger partial charge in [0.25, 0.3) is 5.91 Å². The number of hydrogen-bond acceptors (Lipinski definition) is 6. The summed E-state index contributed by atoms with van der Waals surface area (Å²) in [5.74, 6) is -1.02. The summed E-state index contributed by atoms with van der Waals surface area (Å²) in [7, 11) is -0.932. The van der Waals surface area contributed by atoms with E-state index < -0.39 is 21.7 Å². The number of aromatic nitrogens is 3. The fraction of sp³-hybridized carbons (Fsp3) is 0.206. The Morgan fingerprint density at radius 3 is 2.48 bits per heavy atom. The normalized spacial score (nSPS) is 14.8. The van der Waals surface area contributed by atoms with Crippen molar-refractivity contribution in [3.05, 3.63) is 89.5 Å². The van der Waals surface area contributed by atoms with Gasteiger partial charge in [0.1, 0.15) is 17.4 Å². The molecular weight excluding hydrogens is 612 g/mol. The highest BCUT2D eigenvalue weighted by molar-refractivity contribution is 7.92. The van der Waals surface area contributed by atoms with E-state index in [-0.39, 0.29) is 34.1 Å². The lowest BCUT2D eigenvalue weighted by atomic mass is 9.89. The smallest absolute Gasteiger partial charge is 0.255 e. The van der Waals surface area contributed by atoms with Crippen molar-refractivity contribution in [2.45, 2.75) is 24.8 Å². The van der Waals surface area contributed by atoms with Gasteiger partial charge in [0.2, 0.25) is 15.7 Å². The summed E-state index contributed by atoms with van der Waals surface area (Å²) in [4.78, 5) is 23.0. The van der Waals surface area contributed by atoms with Crippen molar-refractivity contribution >= 4 is 43.8 Å². The van der Waals surface area contributed by atoms with Gasteiger partial charge in [-0.25, -0.2) is 22.2 Å². The van der Waals surface area contributed by atoms with Gasteiger partial charge < -0.3 is 14.3 Å². The molecule has 1 aliphatic heterocycles. The molecule has 0 bridgehead atoms.